The number of hydrogen-bond acceptors (Lipinski definition) is 4. The molecule has 1 fully saturated rings. The summed E-state index contributed by atoms with van der Waals surface area (Å²) in [5.74, 6) is -0.896. The van der Waals surface area contributed by atoms with E-state index in [0.29, 0.717) is 38.0 Å². The van der Waals surface area contributed by atoms with Crippen molar-refractivity contribution in [2.45, 2.75) is 56.1 Å². The Hall–Kier alpha value is -4.34. The summed E-state index contributed by atoms with van der Waals surface area (Å²) < 4.78 is 41.1. The fraction of sp³-hybridized carbons (Fsp3) is 0.278. The predicted molar refractivity (Wildman–Crippen MR) is 172 cm³/mol. The summed E-state index contributed by atoms with van der Waals surface area (Å²) in [6.45, 7) is 1.51. The van der Waals surface area contributed by atoms with Crippen molar-refractivity contribution in [3.63, 3.8) is 0 Å². The molecule has 1 unspecified atom stereocenters. The molecule has 4 aromatic rings. The van der Waals surface area contributed by atoms with Crippen LogP contribution in [-0.4, -0.2) is 48.6 Å². The molecule has 1 saturated heterocycles. The lowest BCUT2D eigenvalue weighted by Gasteiger charge is -2.32. The first-order valence-electron chi connectivity index (χ1n) is 15.3. The maximum absolute atomic E-state index is 14.0. The van der Waals surface area contributed by atoms with Crippen LogP contribution >= 0.6 is 0 Å². The van der Waals surface area contributed by atoms with Gasteiger partial charge in [0.05, 0.1) is 4.90 Å². The maximum atomic E-state index is 14.0. The molecule has 0 aliphatic carbocycles. The van der Waals surface area contributed by atoms with Crippen LogP contribution in [0.4, 0.5) is 4.39 Å². The van der Waals surface area contributed by atoms with Gasteiger partial charge in [0.1, 0.15) is 11.9 Å². The van der Waals surface area contributed by atoms with Crippen molar-refractivity contribution in [1.82, 2.24) is 14.5 Å². The third kappa shape index (κ3) is 8.65. The van der Waals surface area contributed by atoms with Gasteiger partial charge in [-0.3, -0.25) is 9.59 Å². The third-order valence-corrected chi connectivity index (χ3v) is 10.0. The van der Waals surface area contributed by atoms with Gasteiger partial charge < -0.3 is 10.2 Å². The van der Waals surface area contributed by atoms with Gasteiger partial charge in [-0.2, -0.15) is 4.31 Å². The molecule has 1 atom stereocenters. The number of rotatable bonds is 13. The molecule has 0 bridgehead atoms. The second-order valence-electron chi connectivity index (χ2n) is 11.3. The highest BCUT2D eigenvalue weighted by Gasteiger charge is 2.31. The Morgan fingerprint density at radius 1 is 0.756 bits per heavy atom. The van der Waals surface area contributed by atoms with E-state index < -0.39 is 16.1 Å². The van der Waals surface area contributed by atoms with Crippen molar-refractivity contribution in [2.24, 2.45) is 0 Å². The summed E-state index contributed by atoms with van der Waals surface area (Å²) in [4.78, 5) is 29.6. The lowest BCUT2D eigenvalue weighted by molar-refractivity contribution is -0.141. The number of nitrogens with one attached hydrogen (secondary N) is 1. The van der Waals surface area contributed by atoms with E-state index in [1.165, 1.54) is 16.4 Å². The maximum Gasteiger partial charge on any atom is 0.243 e. The highest BCUT2D eigenvalue weighted by Crippen LogP contribution is 2.22. The molecular weight excluding hydrogens is 589 g/mol. The van der Waals surface area contributed by atoms with Crippen molar-refractivity contribution in [1.29, 1.82) is 0 Å². The average Bonchev–Trinajstić information content (AvgIpc) is 3.63. The van der Waals surface area contributed by atoms with Gasteiger partial charge in [-0.05, 0) is 65.8 Å². The van der Waals surface area contributed by atoms with Gasteiger partial charge in [0.15, 0.2) is 0 Å². The Kier molecular flexibility index (Phi) is 10.8. The van der Waals surface area contributed by atoms with Gasteiger partial charge in [0, 0.05) is 39.0 Å². The number of amides is 2. The Labute approximate surface area is 264 Å². The van der Waals surface area contributed by atoms with Crippen molar-refractivity contribution in [3.05, 3.63) is 137 Å². The molecule has 45 heavy (non-hydrogen) atoms. The fourth-order valence-corrected chi connectivity index (χ4v) is 7.06. The molecule has 234 valence electrons. The van der Waals surface area contributed by atoms with Gasteiger partial charge in [0.25, 0.3) is 0 Å². The summed E-state index contributed by atoms with van der Waals surface area (Å²) in [7, 11) is -3.53. The van der Waals surface area contributed by atoms with Crippen LogP contribution in [0.5, 0.6) is 0 Å². The van der Waals surface area contributed by atoms with E-state index in [1.54, 1.807) is 41.3 Å². The van der Waals surface area contributed by atoms with Crippen LogP contribution in [0, 0.1) is 5.82 Å². The minimum atomic E-state index is -3.53. The van der Waals surface area contributed by atoms with Crippen LogP contribution in [0.3, 0.4) is 0 Å². The van der Waals surface area contributed by atoms with Crippen LogP contribution < -0.4 is 5.32 Å². The first kappa shape index (κ1) is 32.1. The molecule has 7 nitrogen and oxygen atoms in total. The second kappa shape index (κ2) is 15.1. The first-order chi connectivity index (χ1) is 21.8. The molecule has 1 aliphatic rings. The van der Waals surface area contributed by atoms with Crippen molar-refractivity contribution in [2.75, 3.05) is 13.1 Å². The normalized spacial score (nSPS) is 14.2. The minimum Gasteiger partial charge on any atom is -0.350 e. The highest BCUT2D eigenvalue weighted by molar-refractivity contribution is 7.89. The number of aryl methyl sites for hydroxylation is 1. The standard InChI is InChI=1S/C36H38FN3O4S/c37-32-18-13-31(14-19-32)27-40(34(25-29-9-3-1-4-10-29)36(42)38-26-30-11-5-2-6-12-30)35(41)22-17-28-15-20-33(21-16-28)45(43,44)39-23-7-8-24-39/h1-6,9-16,18-21,34H,7-8,17,22-27H2,(H,38,42). The average molecular weight is 628 g/mol. The van der Waals surface area contributed by atoms with Gasteiger partial charge in [-0.25, -0.2) is 12.8 Å². The smallest absolute Gasteiger partial charge is 0.243 e. The van der Waals surface area contributed by atoms with E-state index in [4.69, 9.17) is 0 Å². The van der Waals surface area contributed by atoms with Crippen LogP contribution in [0.1, 0.15) is 41.5 Å². The number of carbonyl (C=O) groups is 2. The lowest BCUT2D eigenvalue weighted by Crippen LogP contribution is -2.50. The van der Waals surface area contributed by atoms with E-state index >= 15 is 0 Å². The summed E-state index contributed by atoms with van der Waals surface area (Å²) in [6.07, 6.45) is 2.51. The van der Waals surface area contributed by atoms with Crippen molar-refractivity contribution < 1.29 is 22.4 Å². The summed E-state index contributed by atoms with van der Waals surface area (Å²) >= 11 is 0. The zero-order chi connectivity index (χ0) is 31.6. The molecule has 1 N–H and O–H groups in total. The van der Waals surface area contributed by atoms with Gasteiger partial charge in [-0.15, -0.1) is 0 Å². The lowest BCUT2D eigenvalue weighted by atomic mass is 10.0. The van der Waals surface area contributed by atoms with E-state index in [0.717, 1.165) is 29.5 Å². The topological polar surface area (TPSA) is 86.8 Å². The van der Waals surface area contributed by atoms with E-state index in [1.807, 2.05) is 60.7 Å². The zero-order valence-corrected chi connectivity index (χ0v) is 26.0. The molecule has 0 saturated carbocycles. The van der Waals surface area contributed by atoms with E-state index in [-0.39, 0.29) is 35.5 Å². The van der Waals surface area contributed by atoms with Crippen molar-refractivity contribution >= 4 is 21.8 Å². The van der Waals surface area contributed by atoms with Crippen molar-refractivity contribution in [3.8, 4) is 0 Å². The quantitative estimate of drug-likeness (QED) is 0.212. The number of hydrogen-bond donors (Lipinski definition) is 1. The number of benzene rings is 4. The van der Waals surface area contributed by atoms with Gasteiger partial charge in [0.2, 0.25) is 21.8 Å². The van der Waals surface area contributed by atoms with Gasteiger partial charge >= 0.3 is 0 Å². The Bertz CT molecular complexity index is 1660. The number of sulfonamides is 1. The van der Waals surface area contributed by atoms with Crippen LogP contribution in [0.25, 0.3) is 0 Å². The van der Waals surface area contributed by atoms with Crippen LogP contribution in [0.2, 0.25) is 0 Å². The molecule has 2 amide bonds. The summed E-state index contributed by atoms with van der Waals surface area (Å²) in [5.41, 5.74) is 3.37. The molecule has 0 spiro atoms. The zero-order valence-electron chi connectivity index (χ0n) is 25.1. The molecule has 9 heteroatoms. The first-order valence-corrected chi connectivity index (χ1v) is 16.7. The van der Waals surface area contributed by atoms with Crippen LogP contribution in [-0.2, 0) is 45.5 Å². The Morgan fingerprint density at radius 2 is 1.33 bits per heavy atom. The summed E-state index contributed by atoms with van der Waals surface area (Å²) in [5, 5.41) is 3.01. The van der Waals surface area contributed by atoms with Crippen LogP contribution in [0.15, 0.2) is 114 Å². The van der Waals surface area contributed by atoms with E-state index in [9.17, 15) is 22.4 Å². The number of halogens is 1. The largest absolute Gasteiger partial charge is 0.350 e. The van der Waals surface area contributed by atoms with E-state index in [2.05, 4.69) is 5.32 Å². The molecule has 0 aromatic heterocycles. The molecule has 0 radical (unpaired) electrons. The second-order valence-corrected chi connectivity index (χ2v) is 13.3. The molecule has 1 aliphatic heterocycles. The molecule has 5 rings (SSSR count). The molecule has 1 heterocycles. The Morgan fingerprint density at radius 3 is 1.96 bits per heavy atom. The SMILES string of the molecule is O=C(NCc1ccccc1)C(Cc1ccccc1)N(Cc1ccc(F)cc1)C(=O)CCc1ccc(S(=O)(=O)N2CCCC2)cc1. The monoisotopic (exact) mass is 627 g/mol. The predicted octanol–water partition coefficient (Wildman–Crippen LogP) is 5.50. The molecule has 4 aromatic carbocycles. The Balaban J connectivity index is 1.36. The fourth-order valence-electron chi connectivity index (χ4n) is 5.54. The number of nitrogens with zero attached hydrogens (tertiary/aromatic N) is 2. The summed E-state index contributed by atoms with van der Waals surface area (Å²) in [6, 6.07) is 30.9. The molecular formula is C36H38FN3O4S. The minimum absolute atomic E-state index is 0.108. The highest BCUT2D eigenvalue weighted by atomic mass is 32.2. The van der Waals surface area contributed by atoms with Gasteiger partial charge in [-0.1, -0.05) is 84.9 Å². The third-order valence-electron chi connectivity index (χ3n) is 8.10. The number of carbonyl (C=O) groups excluding carboxylic acids is 2.